The highest BCUT2D eigenvalue weighted by Gasteiger charge is 2.35. The minimum absolute atomic E-state index is 0.0813. The topological polar surface area (TPSA) is 26.3 Å². The first-order valence-electron chi connectivity index (χ1n) is 5.25. The molecule has 1 aromatic rings. The molecule has 0 spiro atoms. The second-order valence-corrected chi connectivity index (χ2v) is 4.23. The second-order valence-electron chi connectivity index (χ2n) is 4.23. The molecule has 1 aromatic carbocycles. The number of rotatable bonds is 0. The van der Waals surface area contributed by atoms with Crippen LogP contribution in [0.25, 0.3) is 5.57 Å². The molecule has 2 aliphatic rings. The summed E-state index contributed by atoms with van der Waals surface area (Å²) in [4.78, 5) is 11.2. The molecule has 1 heterocycles. The minimum atomic E-state index is -0.0813. The van der Waals surface area contributed by atoms with Crippen molar-refractivity contribution in [2.45, 2.75) is 19.8 Å². The van der Waals surface area contributed by atoms with Crippen LogP contribution in [0.5, 0.6) is 0 Å². The van der Waals surface area contributed by atoms with E-state index >= 15 is 0 Å². The SMILES string of the molecule is CC1=C2OC(=O)CC2Cc2ccccc21. The van der Waals surface area contributed by atoms with Crippen LogP contribution in [-0.2, 0) is 16.0 Å². The van der Waals surface area contributed by atoms with Crippen LogP contribution >= 0.6 is 0 Å². The van der Waals surface area contributed by atoms with E-state index in [9.17, 15) is 4.79 Å². The van der Waals surface area contributed by atoms with Gasteiger partial charge in [0.25, 0.3) is 0 Å². The van der Waals surface area contributed by atoms with Crippen LogP contribution in [-0.4, -0.2) is 5.97 Å². The van der Waals surface area contributed by atoms with E-state index in [1.807, 2.05) is 13.0 Å². The second kappa shape index (κ2) is 2.96. The fourth-order valence-corrected chi connectivity index (χ4v) is 2.55. The predicted molar refractivity (Wildman–Crippen MR) is 56.9 cm³/mol. The molecular formula is C13H12O2. The van der Waals surface area contributed by atoms with E-state index in [4.69, 9.17) is 4.74 Å². The van der Waals surface area contributed by atoms with Gasteiger partial charge in [0, 0.05) is 5.92 Å². The maximum Gasteiger partial charge on any atom is 0.311 e. The van der Waals surface area contributed by atoms with Gasteiger partial charge in [-0.15, -0.1) is 0 Å². The first-order chi connectivity index (χ1) is 7.25. The predicted octanol–water partition coefficient (Wildman–Crippen LogP) is 2.54. The molecule has 2 heteroatoms. The Morgan fingerprint density at radius 3 is 2.93 bits per heavy atom. The maximum absolute atomic E-state index is 11.2. The summed E-state index contributed by atoms with van der Waals surface area (Å²) in [6, 6.07) is 8.31. The quantitative estimate of drug-likeness (QED) is 0.601. The molecule has 0 bridgehead atoms. The van der Waals surface area contributed by atoms with Gasteiger partial charge >= 0.3 is 5.97 Å². The molecule has 0 amide bonds. The van der Waals surface area contributed by atoms with Crippen molar-refractivity contribution in [3.63, 3.8) is 0 Å². The Labute approximate surface area is 88.6 Å². The van der Waals surface area contributed by atoms with Crippen molar-refractivity contribution in [3.05, 3.63) is 41.2 Å². The van der Waals surface area contributed by atoms with E-state index in [1.165, 1.54) is 11.1 Å². The molecule has 0 N–H and O–H groups in total. The lowest BCUT2D eigenvalue weighted by Gasteiger charge is -2.21. The van der Waals surface area contributed by atoms with Crippen molar-refractivity contribution in [1.29, 1.82) is 0 Å². The molecule has 0 radical (unpaired) electrons. The number of ether oxygens (including phenoxy) is 1. The number of benzene rings is 1. The molecule has 1 aliphatic heterocycles. The van der Waals surface area contributed by atoms with Crippen LogP contribution in [0.1, 0.15) is 24.5 Å². The molecule has 1 atom stereocenters. The van der Waals surface area contributed by atoms with Crippen LogP contribution in [0.2, 0.25) is 0 Å². The Kier molecular flexibility index (Phi) is 1.72. The number of fused-ring (bicyclic) bond motifs is 2. The summed E-state index contributed by atoms with van der Waals surface area (Å²) < 4.78 is 5.28. The lowest BCUT2D eigenvalue weighted by Crippen LogP contribution is -2.11. The standard InChI is InChI=1S/C13H12O2/c1-8-11-5-3-2-4-9(11)6-10-7-12(14)15-13(8)10/h2-5,10H,6-7H2,1H3. The normalized spacial score (nSPS) is 23.5. The molecule has 1 saturated heterocycles. The zero-order valence-electron chi connectivity index (χ0n) is 8.62. The fraction of sp³-hybridized carbons (Fsp3) is 0.308. The van der Waals surface area contributed by atoms with Crippen molar-refractivity contribution in [3.8, 4) is 0 Å². The Morgan fingerprint density at radius 1 is 1.27 bits per heavy atom. The fourth-order valence-electron chi connectivity index (χ4n) is 2.55. The lowest BCUT2D eigenvalue weighted by molar-refractivity contribution is -0.135. The lowest BCUT2D eigenvalue weighted by atomic mass is 9.83. The van der Waals surface area contributed by atoms with E-state index in [2.05, 4.69) is 18.2 Å². The smallest absolute Gasteiger partial charge is 0.311 e. The molecule has 76 valence electrons. The first-order valence-corrected chi connectivity index (χ1v) is 5.25. The minimum Gasteiger partial charge on any atom is -0.430 e. The maximum atomic E-state index is 11.2. The average molecular weight is 200 g/mol. The summed E-state index contributed by atoms with van der Waals surface area (Å²) in [5.74, 6) is 1.10. The third-order valence-corrected chi connectivity index (χ3v) is 3.26. The van der Waals surface area contributed by atoms with Crippen LogP contribution in [0.4, 0.5) is 0 Å². The number of esters is 1. The van der Waals surface area contributed by atoms with Crippen LogP contribution in [0.15, 0.2) is 30.0 Å². The van der Waals surface area contributed by atoms with E-state index in [0.29, 0.717) is 6.42 Å². The third-order valence-electron chi connectivity index (χ3n) is 3.26. The molecule has 0 saturated carbocycles. The van der Waals surface area contributed by atoms with E-state index in [-0.39, 0.29) is 11.9 Å². The summed E-state index contributed by atoms with van der Waals surface area (Å²) in [7, 11) is 0. The zero-order chi connectivity index (χ0) is 10.4. The highest BCUT2D eigenvalue weighted by Crippen LogP contribution is 2.40. The van der Waals surface area contributed by atoms with Gasteiger partial charge < -0.3 is 4.74 Å². The van der Waals surface area contributed by atoms with Crippen molar-refractivity contribution in [2.24, 2.45) is 5.92 Å². The molecule has 2 nitrogen and oxygen atoms in total. The Hall–Kier alpha value is -1.57. The molecule has 1 aliphatic carbocycles. The number of carbonyl (C=O) groups is 1. The monoisotopic (exact) mass is 200 g/mol. The Morgan fingerprint density at radius 2 is 2.07 bits per heavy atom. The van der Waals surface area contributed by atoms with E-state index < -0.39 is 0 Å². The summed E-state index contributed by atoms with van der Waals surface area (Å²) in [6.45, 7) is 2.04. The van der Waals surface area contributed by atoms with Gasteiger partial charge in [0.1, 0.15) is 5.76 Å². The molecule has 0 aromatic heterocycles. The van der Waals surface area contributed by atoms with Gasteiger partial charge in [0.05, 0.1) is 6.42 Å². The highest BCUT2D eigenvalue weighted by molar-refractivity contribution is 5.81. The molecule has 1 unspecified atom stereocenters. The molecule has 1 fully saturated rings. The van der Waals surface area contributed by atoms with E-state index in [1.54, 1.807) is 0 Å². The summed E-state index contributed by atoms with van der Waals surface area (Å²) >= 11 is 0. The van der Waals surface area contributed by atoms with Crippen molar-refractivity contribution >= 4 is 11.5 Å². The largest absolute Gasteiger partial charge is 0.430 e. The first kappa shape index (κ1) is 8.72. The number of hydrogen-bond acceptors (Lipinski definition) is 2. The van der Waals surface area contributed by atoms with Gasteiger partial charge in [-0.2, -0.15) is 0 Å². The van der Waals surface area contributed by atoms with Gasteiger partial charge in [-0.3, -0.25) is 4.79 Å². The van der Waals surface area contributed by atoms with E-state index in [0.717, 1.165) is 17.8 Å². The van der Waals surface area contributed by atoms with Gasteiger partial charge in [-0.25, -0.2) is 0 Å². The van der Waals surface area contributed by atoms with Crippen LogP contribution < -0.4 is 0 Å². The molecule has 3 rings (SSSR count). The number of hydrogen-bond donors (Lipinski definition) is 0. The Balaban J connectivity index is 2.16. The van der Waals surface area contributed by atoms with Gasteiger partial charge in [-0.1, -0.05) is 24.3 Å². The average Bonchev–Trinajstić information content (AvgIpc) is 2.59. The molecule has 15 heavy (non-hydrogen) atoms. The van der Waals surface area contributed by atoms with Gasteiger partial charge in [0.2, 0.25) is 0 Å². The van der Waals surface area contributed by atoms with Crippen LogP contribution in [0.3, 0.4) is 0 Å². The molecular weight excluding hydrogens is 188 g/mol. The Bertz CT molecular complexity index is 471. The summed E-state index contributed by atoms with van der Waals surface area (Å²) in [5.41, 5.74) is 3.70. The van der Waals surface area contributed by atoms with Crippen LogP contribution in [0, 0.1) is 5.92 Å². The van der Waals surface area contributed by atoms with Gasteiger partial charge in [0.15, 0.2) is 0 Å². The van der Waals surface area contributed by atoms with Crippen molar-refractivity contribution in [2.75, 3.05) is 0 Å². The number of allylic oxidation sites excluding steroid dienone is 2. The van der Waals surface area contributed by atoms with Crippen molar-refractivity contribution in [1.82, 2.24) is 0 Å². The third kappa shape index (κ3) is 1.21. The number of carbonyl (C=O) groups excluding carboxylic acids is 1. The summed E-state index contributed by atoms with van der Waals surface area (Å²) in [5, 5.41) is 0. The zero-order valence-corrected chi connectivity index (χ0v) is 8.62. The van der Waals surface area contributed by atoms with Crippen molar-refractivity contribution < 1.29 is 9.53 Å². The highest BCUT2D eigenvalue weighted by atomic mass is 16.5. The van der Waals surface area contributed by atoms with Gasteiger partial charge in [-0.05, 0) is 30.0 Å². The summed E-state index contributed by atoms with van der Waals surface area (Å²) in [6.07, 6.45) is 1.48.